The fraction of sp³-hybridized carbons (Fsp3) is 0.250. The second-order valence-electron chi connectivity index (χ2n) is 6.89. The molecule has 1 N–H and O–H groups in total. The number of H-pyrrole nitrogens is 1. The lowest BCUT2D eigenvalue weighted by Gasteiger charge is -2.08. The Morgan fingerprint density at radius 1 is 1.19 bits per heavy atom. The lowest BCUT2D eigenvalue weighted by Crippen LogP contribution is -2.02. The molecule has 7 heteroatoms. The van der Waals surface area contributed by atoms with Gasteiger partial charge in [-0.25, -0.2) is 9.97 Å². The second-order valence-corrected chi connectivity index (χ2v) is 8.46. The van der Waals surface area contributed by atoms with Crippen LogP contribution in [0.5, 0.6) is 0 Å². The van der Waals surface area contributed by atoms with E-state index in [9.17, 15) is 4.21 Å². The van der Waals surface area contributed by atoms with Gasteiger partial charge in [0.2, 0.25) is 0 Å². The Hall–Kier alpha value is -2.80. The Balaban J connectivity index is 1.66. The largest absolute Gasteiger partial charge is 0.301 e. The SMILES string of the molecule is CC(C)CC[S@@](=O)c1cnc2c(ccn2-c2cccc(-c3ncn[nH]3)c2)c1. The monoisotopic (exact) mass is 379 g/mol. The molecule has 138 valence electrons. The lowest BCUT2D eigenvalue weighted by atomic mass is 10.2. The zero-order valence-corrected chi connectivity index (χ0v) is 16.1. The predicted octanol–water partition coefficient (Wildman–Crippen LogP) is 3.96. The van der Waals surface area contributed by atoms with Gasteiger partial charge in [-0.15, -0.1) is 0 Å². The molecule has 0 aliphatic heterocycles. The number of benzene rings is 1. The normalized spacial score (nSPS) is 12.7. The van der Waals surface area contributed by atoms with Gasteiger partial charge >= 0.3 is 0 Å². The van der Waals surface area contributed by atoms with Crippen LogP contribution in [0.2, 0.25) is 0 Å². The molecule has 0 saturated carbocycles. The summed E-state index contributed by atoms with van der Waals surface area (Å²) in [4.78, 5) is 9.59. The molecule has 4 aromatic rings. The van der Waals surface area contributed by atoms with E-state index >= 15 is 0 Å². The molecular formula is C20H21N5OS. The third kappa shape index (κ3) is 3.68. The number of nitrogens with zero attached hydrogens (tertiary/aromatic N) is 4. The topological polar surface area (TPSA) is 76.5 Å². The van der Waals surface area contributed by atoms with Gasteiger partial charge in [-0.3, -0.25) is 9.31 Å². The van der Waals surface area contributed by atoms with E-state index < -0.39 is 10.8 Å². The van der Waals surface area contributed by atoms with Crippen LogP contribution in [0, 0.1) is 5.92 Å². The average molecular weight is 379 g/mol. The summed E-state index contributed by atoms with van der Waals surface area (Å²) in [6, 6.07) is 12.0. The third-order valence-corrected chi connectivity index (χ3v) is 5.81. The van der Waals surface area contributed by atoms with Gasteiger partial charge in [-0.2, -0.15) is 5.10 Å². The minimum absolute atomic E-state index is 0.545. The molecule has 3 heterocycles. The van der Waals surface area contributed by atoms with Crippen LogP contribution in [0.3, 0.4) is 0 Å². The number of rotatable bonds is 6. The minimum atomic E-state index is -1.01. The van der Waals surface area contributed by atoms with Gasteiger partial charge in [0.15, 0.2) is 5.82 Å². The molecule has 0 aliphatic rings. The summed E-state index contributed by atoms with van der Waals surface area (Å²) in [6.45, 7) is 4.29. The molecule has 0 saturated heterocycles. The van der Waals surface area contributed by atoms with Crippen molar-refractivity contribution in [2.75, 3.05) is 5.75 Å². The molecule has 0 fully saturated rings. The molecule has 6 nitrogen and oxygen atoms in total. The molecule has 0 bridgehead atoms. The number of nitrogens with one attached hydrogen (secondary N) is 1. The summed E-state index contributed by atoms with van der Waals surface area (Å²) in [5.74, 6) is 1.94. The van der Waals surface area contributed by atoms with Crippen LogP contribution < -0.4 is 0 Å². The molecule has 27 heavy (non-hydrogen) atoms. The number of pyridine rings is 1. The third-order valence-electron chi connectivity index (χ3n) is 4.46. The zero-order valence-electron chi connectivity index (χ0n) is 15.3. The summed E-state index contributed by atoms with van der Waals surface area (Å²) in [7, 11) is -1.01. The Bertz CT molecular complexity index is 1080. The molecule has 0 spiro atoms. The number of fused-ring (bicyclic) bond motifs is 1. The fourth-order valence-corrected chi connectivity index (χ4v) is 4.29. The molecule has 1 atom stereocenters. The van der Waals surface area contributed by atoms with Crippen molar-refractivity contribution in [3.8, 4) is 17.1 Å². The maximum atomic E-state index is 12.5. The van der Waals surface area contributed by atoms with E-state index in [0.717, 1.165) is 39.4 Å². The van der Waals surface area contributed by atoms with Crippen LogP contribution in [-0.4, -0.2) is 34.7 Å². The summed E-state index contributed by atoms with van der Waals surface area (Å²) in [5.41, 5.74) is 2.78. The van der Waals surface area contributed by atoms with Gasteiger partial charge in [0.05, 0.1) is 15.7 Å². The molecule has 1 aromatic carbocycles. The smallest absolute Gasteiger partial charge is 0.155 e. The maximum absolute atomic E-state index is 12.5. The van der Waals surface area contributed by atoms with Crippen LogP contribution in [0.1, 0.15) is 20.3 Å². The molecule has 0 radical (unpaired) electrons. The Kier molecular flexibility index (Phi) is 4.85. The highest BCUT2D eigenvalue weighted by molar-refractivity contribution is 7.85. The van der Waals surface area contributed by atoms with E-state index in [-0.39, 0.29) is 0 Å². The van der Waals surface area contributed by atoms with Crippen molar-refractivity contribution < 1.29 is 4.21 Å². The van der Waals surface area contributed by atoms with Gasteiger partial charge in [0.1, 0.15) is 12.0 Å². The molecular weight excluding hydrogens is 358 g/mol. The van der Waals surface area contributed by atoms with Gasteiger partial charge in [-0.05, 0) is 36.6 Å². The standard InChI is InChI=1S/C20H21N5OS/c1-14(2)7-9-27(26)18-11-16-6-8-25(20(16)21-12-18)17-5-3-4-15(10-17)19-22-13-23-24-19/h3-6,8,10-14H,7,9H2,1-2H3,(H,22,23,24)/t27-/m1/s1. The van der Waals surface area contributed by atoms with E-state index in [1.807, 2.05) is 47.2 Å². The van der Waals surface area contributed by atoms with Crippen molar-refractivity contribution in [2.24, 2.45) is 5.92 Å². The van der Waals surface area contributed by atoms with Crippen molar-refractivity contribution >= 4 is 21.8 Å². The van der Waals surface area contributed by atoms with Crippen molar-refractivity contribution in [2.45, 2.75) is 25.2 Å². The van der Waals surface area contributed by atoms with Gasteiger partial charge in [-0.1, -0.05) is 26.0 Å². The predicted molar refractivity (Wildman–Crippen MR) is 107 cm³/mol. The van der Waals surface area contributed by atoms with Crippen LogP contribution in [0.15, 0.2) is 60.0 Å². The molecule has 0 unspecified atom stereocenters. The van der Waals surface area contributed by atoms with E-state index in [1.54, 1.807) is 6.20 Å². The highest BCUT2D eigenvalue weighted by atomic mass is 32.2. The van der Waals surface area contributed by atoms with Crippen molar-refractivity contribution in [1.29, 1.82) is 0 Å². The van der Waals surface area contributed by atoms with E-state index in [2.05, 4.69) is 34.0 Å². The number of hydrogen-bond acceptors (Lipinski definition) is 4. The van der Waals surface area contributed by atoms with Gasteiger partial charge < -0.3 is 4.57 Å². The molecule has 0 aliphatic carbocycles. The fourth-order valence-electron chi connectivity index (χ4n) is 2.94. The number of hydrogen-bond donors (Lipinski definition) is 1. The van der Waals surface area contributed by atoms with Crippen molar-refractivity contribution in [3.63, 3.8) is 0 Å². The molecule has 3 aromatic heterocycles. The maximum Gasteiger partial charge on any atom is 0.155 e. The van der Waals surface area contributed by atoms with Crippen LogP contribution in [0.25, 0.3) is 28.1 Å². The van der Waals surface area contributed by atoms with Crippen molar-refractivity contribution in [1.82, 2.24) is 24.7 Å². The van der Waals surface area contributed by atoms with Crippen LogP contribution in [0.4, 0.5) is 0 Å². The Morgan fingerprint density at radius 3 is 2.85 bits per heavy atom. The summed E-state index contributed by atoms with van der Waals surface area (Å²) in [6.07, 6.45) is 6.16. The minimum Gasteiger partial charge on any atom is -0.301 e. The van der Waals surface area contributed by atoms with Crippen LogP contribution in [-0.2, 0) is 10.8 Å². The summed E-state index contributed by atoms with van der Waals surface area (Å²) in [5, 5.41) is 7.77. The van der Waals surface area contributed by atoms with E-state index in [0.29, 0.717) is 11.7 Å². The van der Waals surface area contributed by atoms with Crippen molar-refractivity contribution in [3.05, 3.63) is 55.1 Å². The van der Waals surface area contributed by atoms with Gasteiger partial charge in [0, 0.05) is 34.8 Å². The molecule has 0 amide bonds. The highest BCUT2D eigenvalue weighted by Crippen LogP contribution is 2.24. The second kappa shape index (κ2) is 7.44. The Morgan fingerprint density at radius 2 is 2.07 bits per heavy atom. The first-order valence-electron chi connectivity index (χ1n) is 8.93. The first kappa shape index (κ1) is 17.6. The number of aromatic amines is 1. The lowest BCUT2D eigenvalue weighted by molar-refractivity contribution is 0.619. The number of aromatic nitrogens is 5. The average Bonchev–Trinajstić information content (AvgIpc) is 3.35. The quantitative estimate of drug-likeness (QED) is 0.550. The molecule has 4 rings (SSSR count). The Labute approximate surface area is 160 Å². The van der Waals surface area contributed by atoms with E-state index in [1.165, 1.54) is 6.33 Å². The summed E-state index contributed by atoms with van der Waals surface area (Å²) < 4.78 is 14.5. The van der Waals surface area contributed by atoms with E-state index in [4.69, 9.17) is 0 Å². The van der Waals surface area contributed by atoms with Crippen LogP contribution >= 0.6 is 0 Å². The highest BCUT2D eigenvalue weighted by Gasteiger charge is 2.11. The zero-order chi connectivity index (χ0) is 18.8. The summed E-state index contributed by atoms with van der Waals surface area (Å²) >= 11 is 0. The van der Waals surface area contributed by atoms with Gasteiger partial charge in [0.25, 0.3) is 0 Å². The first-order valence-corrected chi connectivity index (χ1v) is 10.3. The first-order chi connectivity index (χ1) is 13.1.